The van der Waals surface area contributed by atoms with Gasteiger partial charge in [0.2, 0.25) is 0 Å². The summed E-state index contributed by atoms with van der Waals surface area (Å²) in [6, 6.07) is 8.68. The first-order valence-corrected chi connectivity index (χ1v) is 12.9. The molecule has 0 heterocycles. The van der Waals surface area contributed by atoms with Gasteiger partial charge < -0.3 is 10.2 Å². The van der Waals surface area contributed by atoms with E-state index in [1.807, 2.05) is 6.08 Å². The number of allylic oxidation sites excluding steroid dienone is 1. The highest BCUT2D eigenvalue weighted by Gasteiger charge is 2.16. The van der Waals surface area contributed by atoms with Gasteiger partial charge in [0.1, 0.15) is 5.76 Å². The molecule has 1 aromatic rings. The Bertz CT molecular complexity index is 612. The first kappa shape index (κ1) is 26.6. The van der Waals surface area contributed by atoms with Crippen molar-refractivity contribution in [1.82, 2.24) is 0 Å². The predicted molar refractivity (Wildman–Crippen MR) is 131 cm³/mol. The summed E-state index contributed by atoms with van der Waals surface area (Å²) in [5.74, 6) is 0.166. The standard InChI is InChI=1S/C26H42O3S/c1-3-5-7-8-9-10-11-14-22-15-12-13-16-23(22)18-19-25(24(27)17-6-4-2)30-21-20-26(28)29/h12-13,15-17,25,27H,3-11,14,18-21H2,1-2H3,(H,28,29)/t25-/m1/s1. The number of aliphatic hydroxyl groups excluding tert-OH is 1. The van der Waals surface area contributed by atoms with Gasteiger partial charge in [-0.3, -0.25) is 4.79 Å². The fourth-order valence-electron chi connectivity index (χ4n) is 3.63. The zero-order valence-corrected chi connectivity index (χ0v) is 19.9. The Balaban J connectivity index is 2.57. The van der Waals surface area contributed by atoms with Gasteiger partial charge in [0.15, 0.2) is 0 Å². The average molecular weight is 435 g/mol. The molecule has 0 saturated carbocycles. The number of aliphatic carboxylic acids is 1. The first-order chi connectivity index (χ1) is 14.6. The van der Waals surface area contributed by atoms with Crippen LogP contribution in [-0.2, 0) is 17.6 Å². The molecule has 0 saturated heterocycles. The number of carboxylic acid groups (broad SMARTS) is 1. The monoisotopic (exact) mass is 434 g/mol. The Kier molecular flexibility index (Phi) is 15.3. The number of rotatable bonds is 18. The molecule has 3 nitrogen and oxygen atoms in total. The van der Waals surface area contributed by atoms with Crippen molar-refractivity contribution < 1.29 is 15.0 Å². The quantitative estimate of drug-likeness (QED) is 0.183. The van der Waals surface area contributed by atoms with E-state index in [-0.39, 0.29) is 11.7 Å². The zero-order chi connectivity index (χ0) is 22.0. The van der Waals surface area contributed by atoms with Gasteiger partial charge in [-0.1, -0.05) is 83.1 Å². The Hall–Kier alpha value is -1.42. The van der Waals surface area contributed by atoms with E-state index in [9.17, 15) is 9.90 Å². The molecule has 1 atom stereocenters. The summed E-state index contributed by atoms with van der Waals surface area (Å²) >= 11 is 1.57. The van der Waals surface area contributed by atoms with Crippen molar-refractivity contribution in [2.24, 2.45) is 0 Å². The minimum atomic E-state index is -0.779. The first-order valence-electron chi connectivity index (χ1n) is 11.9. The summed E-state index contributed by atoms with van der Waals surface area (Å²) in [6.07, 6.45) is 16.0. The average Bonchev–Trinajstić information content (AvgIpc) is 2.74. The fourth-order valence-corrected chi connectivity index (χ4v) is 4.76. The molecule has 1 aromatic carbocycles. The lowest BCUT2D eigenvalue weighted by Gasteiger charge is -2.17. The fraction of sp³-hybridized carbons (Fsp3) is 0.654. The molecule has 0 aliphatic carbocycles. The molecule has 2 N–H and O–H groups in total. The van der Waals surface area contributed by atoms with E-state index >= 15 is 0 Å². The predicted octanol–water partition coefficient (Wildman–Crippen LogP) is 7.73. The van der Waals surface area contributed by atoms with Gasteiger partial charge in [-0.15, -0.1) is 11.8 Å². The lowest BCUT2D eigenvalue weighted by Crippen LogP contribution is -2.11. The van der Waals surface area contributed by atoms with Crippen LogP contribution in [0.5, 0.6) is 0 Å². The van der Waals surface area contributed by atoms with E-state index in [0.717, 1.165) is 32.1 Å². The van der Waals surface area contributed by atoms with Crippen LogP contribution in [0.3, 0.4) is 0 Å². The normalized spacial score (nSPS) is 12.8. The van der Waals surface area contributed by atoms with Crippen LogP contribution in [0.2, 0.25) is 0 Å². The summed E-state index contributed by atoms with van der Waals surface area (Å²) in [7, 11) is 0. The third-order valence-corrected chi connectivity index (χ3v) is 6.77. The number of hydrogen-bond donors (Lipinski definition) is 2. The van der Waals surface area contributed by atoms with Gasteiger partial charge in [-0.25, -0.2) is 0 Å². The van der Waals surface area contributed by atoms with E-state index < -0.39 is 5.97 Å². The molecule has 0 bridgehead atoms. The Labute approximate surface area is 188 Å². The SMILES string of the molecule is CCCC=C(O)[C@@H](CCc1ccccc1CCCCCCCCC)SCCC(=O)O. The summed E-state index contributed by atoms with van der Waals surface area (Å²) in [4.78, 5) is 10.9. The molecule has 4 heteroatoms. The summed E-state index contributed by atoms with van der Waals surface area (Å²) in [6.45, 7) is 4.35. The van der Waals surface area contributed by atoms with Gasteiger partial charge in [0.05, 0.1) is 11.7 Å². The van der Waals surface area contributed by atoms with Crippen LogP contribution in [0.15, 0.2) is 36.1 Å². The smallest absolute Gasteiger partial charge is 0.304 e. The van der Waals surface area contributed by atoms with Crippen molar-refractivity contribution >= 4 is 17.7 Å². The molecular weight excluding hydrogens is 392 g/mol. The van der Waals surface area contributed by atoms with Crippen LogP contribution >= 0.6 is 11.8 Å². The summed E-state index contributed by atoms with van der Waals surface area (Å²) in [5, 5.41) is 19.4. The van der Waals surface area contributed by atoms with Crippen molar-refractivity contribution in [2.75, 3.05) is 5.75 Å². The van der Waals surface area contributed by atoms with E-state index in [2.05, 4.69) is 38.1 Å². The molecule has 0 unspecified atom stereocenters. The van der Waals surface area contributed by atoms with Gasteiger partial charge >= 0.3 is 5.97 Å². The highest BCUT2D eigenvalue weighted by molar-refractivity contribution is 8.00. The summed E-state index contributed by atoms with van der Waals surface area (Å²) < 4.78 is 0. The van der Waals surface area contributed by atoms with Gasteiger partial charge in [0.25, 0.3) is 0 Å². The largest absolute Gasteiger partial charge is 0.511 e. The maximum absolute atomic E-state index is 10.9. The lowest BCUT2D eigenvalue weighted by atomic mass is 9.96. The molecule has 0 fully saturated rings. The number of hydrogen-bond acceptors (Lipinski definition) is 3. The lowest BCUT2D eigenvalue weighted by molar-refractivity contribution is -0.136. The Morgan fingerprint density at radius 3 is 2.20 bits per heavy atom. The minimum absolute atomic E-state index is 0.0254. The molecule has 30 heavy (non-hydrogen) atoms. The van der Waals surface area contributed by atoms with E-state index in [0.29, 0.717) is 11.5 Å². The second-order valence-electron chi connectivity index (χ2n) is 8.10. The second kappa shape index (κ2) is 17.3. The number of benzene rings is 1. The van der Waals surface area contributed by atoms with Gasteiger partial charge in [0, 0.05) is 5.75 Å². The number of carbonyl (C=O) groups is 1. The topological polar surface area (TPSA) is 57.5 Å². The van der Waals surface area contributed by atoms with Gasteiger partial charge in [-0.05, 0) is 49.3 Å². The van der Waals surface area contributed by atoms with Crippen molar-refractivity contribution in [3.63, 3.8) is 0 Å². The van der Waals surface area contributed by atoms with Crippen LogP contribution in [0.4, 0.5) is 0 Å². The maximum Gasteiger partial charge on any atom is 0.304 e. The number of unbranched alkanes of at least 4 members (excludes halogenated alkanes) is 7. The minimum Gasteiger partial charge on any atom is -0.511 e. The zero-order valence-electron chi connectivity index (χ0n) is 19.1. The van der Waals surface area contributed by atoms with Crippen LogP contribution in [0, 0.1) is 0 Å². The highest BCUT2D eigenvalue weighted by atomic mass is 32.2. The number of aryl methyl sites for hydroxylation is 2. The maximum atomic E-state index is 10.9. The van der Waals surface area contributed by atoms with Crippen molar-refractivity contribution in [1.29, 1.82) is 0 Å². The number of aliphatic hydroxyl groups is 1. The molecule has 1 rings (SSSR count). The molecular formula is C26H42O3S. The van der Waals surface area contributed by atoms with Crippen LogP contribution in [-0.4, -0.2) is 27.2 Å². The van der Waals surface area contributed by atoms with Gasteiger partial charge in [-0.2, -0.15) is 0 Å². The molecule has 0 amide bonds. The molecule has 0 aromatic heterocycles. The molecule has 0 spiro atoms. The highest BCUT2D eigenvalue weighted by Crippen LogP contribution is 2.26. The Morgan fingerprint density at radius 1 is 0.933 bits per heavy atom. The van der Waals surface area contributed by atoms with Crippen LogP contribution in [0.25, 0.3) is 0 Å². The van der Waals surface area contributed by atoms with E-state index in [1.54, 1.807) is 11.8 Å². The Morgan fingerprint density at radius 2 is 1.57 bits per heavy atom. The van der Waals surface area contributed by atoms with Crippen molar-refractivity contribution in [3.05, 3.63) is 47.2 Å². The second-order valence-corrected chi connectivity index (χ2v) is 9.41. The van der Waals surface area contributed by atoms with E-state index in [4.69, 9.17) is 5.11 Å². The summed E-state index contributed by atoms with van der Waals surface area (Å²) in [5.41, 5.74) is 2.80. The van der Waals surface area contributed by atoms with Crippen LogP contribution < -0.4 is 0 Å². The molecule has 170 valence electrons. The molecule has 0 radical (unpaired) electrons. The number of thioether (sulfide) groups is 1. The van der Waals surface area contributed by atoms with Crippen molar-refractivity contribution in [2.45, 2.75) is 103 Å². The molecule has 0 aliphatic rings. The van der Waals surface area contributed by atoms with Crippen LogP contribution in [0.1, 0.15) is 95.6 Å². The number of carboxylic acids is 1. The molecule has 0 aliphatic heterocycles. The van der Waals surface area contributed by atoms with Crippen molar-refractivity contribution in [3.8, 4) is 0 Å². The van der Waals surface area contributed by atoms with E-state index in [1.165, 1.54) is 56.1 Å². The third kappa shape index (κ3) is 12.3. The third-order valence-electron chi connectivity index (χ3n) is 5.45.